The summed E-state index contributed by atoms with van der Waals surface area (Å²) < 4.78 is 0. The molecule has 1 saturated heterocycles. The first kappa shape index (κ1) is 17.7. The van der Waals surface area contributed by atoms with Gasteiger partial charge in [-0.25, -0.2) is 4.79 Å². The van der Waals surface area contributed by atoms with Crippen molar-refractivity contribution in [3.05, 3.63) is 71.3 Å². The fraction of sp³-hybridized carbons (Fsp3) is 0.250. The molecule has 1 aliphatic heterocycles. The number of carboxylic acid groups (broad SMARTS) is 1. The second-order valence-corrected chi connectivity index (χ2v) is 6.19. The Kier molecular flexibility index (Phi) is 5.31. The van der Waals surface area contributed by atoms with Gasteiger partial charge in [-0.15, -0.1) is 0 Å². The Bertz CT molecular complexity index is 802. The van der Waals surface area contributed by atoms with Crippen LogP contribution < -0.4 is 5.32 Å². The number of carbonyl (C=O) groups excluding carboxylic acids is 2. The molecule has 1 unspecified atom stereocenters. The number of carboxylic acids is 1. The second kappa shape index (κ2) is 7.82. The molecule has 0 saturated carbocycles. The minimum absolute atomic E-state index is 0.0870. The van der Waals surface area contributed by atoms with Crippen molar-refractivity contribution in [2.45, 2.75) is 18.9 Å². The number of piperazine rings is 1. The number of aryl methyl sites for hydroxylation is 1. The number of hydrogen-bond acceptors (Lipinski definition) is 3. The monoisotopic (exact) mass is 352 g/mol. The Morgan fingerprint density at radius 3 is 2.42 bits per heavy atom. The molecule has 3 rings (SSSR count). The van der Waals surface area contributed by atoms with Gasteiger partial charge in [0.25, 0.3) is 0 Å². The van der Waals surface area contributed by atoms with Gasteiger partial charge >= 0.3 is 5.97 Å². The molecule has 1 heterocycles. The molecule has 6 nitrogen and oxygen atoms in total. The Morgan fingerprint density at radius 1 is 1.08 bits per heavy atom. The van der Waals surface area contributed by atoms with Crippen LogP contribution in [0.2, 0.25) is 0 Å². The van der Waals surface area contributed by atoms with E-state index in [-0.39, 0.29) is 23.8 Å². The van der Waals surface area contributed by atoms with Crippen molar-refractivity contribution in [2.24, 2.45) is 0 Å². The van der Waals surface area contributed by atoms with Gasteiger partial charge < -0.3 is 15.3 Å². The third-order valence-corrected chi connectivity index (χ3v) is 4.48. The van der Waals surface area contributed by atoms with Gasteiger partial charge in [0.05, 0.1) is 5.56 Å². The summed E-state index contributed by atoms with van der Waals surface area (Å²) in [5.41, 5.74) is 1.90. The van der Waals surface area contributed by atoms with E-state index in [0.29, 0.717) is 19.5 Å². The van der Waals surface area contributed by atoms with Gasteiger partial charge in [0.15, 0.2) is 0 Å². The van der Waals surface area contributed by atoms with Gasteiger partial charge in [0, 0.05) is 19.5 Å². The number of aromatic carboxylic acids is 1. The molecule has 0 bridgehead atoms. The molecular weight excluding hydrogens is 332 g/mol. The summed E-state index contributed by atoms with van der Waals surface area (Å²) in [6.07, 6.45) is 0.765. The van der Waals surface area contributed by atoms with Gasteiger partial charge in [-0.3, -0.25) is 9.59 Å². The zero-order chi connectivity index (χ0) is 18.5. The zero-order valence-electron chi connectivity index (χ0n) is 14.2. The number of nitrogens with zero attached hydrogens (tertiary/aromatic N) is 1. The fourth-order valence-corrected chi connectivity index (χ4v) is 3.11. The molecule has 2 aromatic carbocycles. The second-order valence-electron chi connectivity index (χ2n) is 6.19. The normalized spacial score (nSPS) is 16.8. The lowest BCUT2D eigenvalue weighted by atomic mass is 10.0. The van der Waals surface area contributed by atoms with Crippen molar-refractivity contribution < 1.29 is 19.5 Å². The van der Waals surface area contributed by atoms with Crippen LogP contribution in [0.15, 0.2) is 54.6 Å². The molecule has 26 heavy (non-hydrogen) atoms. The van der Waals surface area contributed by atoms with Crippen LogP contribution in [0.3, 0.4) is 0 Å². The van der Waals surface area contributed by atoms with Crippen molar-refractivity contribution in [3.63, 3.8) is 0 Å². The predicted octanol–water partition coefficient (Wildman–Crippen LogP) is 2.02. The van der Waals surface area contributed by atoms with Gasteiger partial charge in [0.1, 0.15) is 6.04 Å². The summed E-state index contributed by atoms with van der Waals surface area (Å²) >= 11 is 0. The Hall–Kier alpha value is -3.15. The van der Waals surface area contributed by atoms with Gasteiger partial charge in [-0.05, 0) is 29.7 Å². The number of nitrogens with one attached hydrogen (secondary N) is 1. The maximum atomic E-state index is 12.7. The third kappa shape index (κ3) is 3.91. The number of amides is 2. The van der Waals surface area contributed by atoms with Crippen LogP contribution in [0.5, 0.6) is 0 Å². The molecule has 2 aromatic rings. The average molecular weight is 352 g/mol. The molecule has 0 aromatic heterocycles. The van der Waals surface area contributed by atoms with Crippen molar-refractivity contribution in [2.75, 3.05) is 13.1 Å². The highest BCUT2D eigenvalue weighted by atomic mass is 16.4. The molecule has 0 radical (unpaired) electrons. The molecule has 0 aliphatic carbocycles. The first-order chi connectivity index (χ1) is 12.6. The van der Waals surface area contributed by atoms with E-state index in [0.717, 1.165) is 11.1 Å². The molecule has 2 N–H and O–H groups in total. The molecule has 0 spiro atoms. The molecular formula is C20H20N2O4. The molecule has 1 fully saturated rings. The standard InChI is InChI=1S/C20H20N2O4/c23-17(11-8-14-6-9-16(10-7-14)20(25)26)22-13-12-21-19(24)18(22)15-4-2-1-3-5-15/h1-7,9-10,18H,8,11-13H2,(H,21,24)(H,25,26). The molecule has 134 valence electrons. The quantitative estimate of drug-likeness (QED) is 0.862. The number of carbonyl (C=O) groups is 3. The van der Waals surface area contributed by atoms with E-state index in [1.165, 1.54) is 12.1 Å². The minimum atomic E-state index is -0.974. The minimum Gasteiger partial charge on any atom is -0.478 e. The maximum Gasteiger partial charge on any atom is 0.335 e. The highest BCUT2D eigenvalue weighted by Gasteiger charge is 2.33. The van der Waals surface area contributed by atoms with Crippen LogP contribution in [-0.2, 0) is 16.0 Å². The highest BCUT2D eigenvalue weighted by Crippen LogP contribution is 2.24. The Morgan fingerprint density at radius 2 is 1.77 bits per heavy atom. The first-order valence-corrected chi connectivity index (χ1v) is 8.50. The van der Waals surface area contributed by atoms with E-state index in [2.05, 4.69) is 5.32 Å². The molecule has 6 heteroatoms. The van der Waals surface area contributed by atoms with E-state index in [1.54, 1.807) is 17.0 Å². The topological polar surface area (TPSA) is 86.7 Å². The lowest BCUT2D eigenvalue weighted by Crippen LogP contribution is -2.52. The highest BCUT2D eigenvalue weighted by molar-refractivity contribution is 5.90. The van der Waals surface area contributed by atoms with E-state index < -0.39 is 12.0 Å². The van der Waals surface area contributed by atoms with Gasteiger partial charge in [-0.2, -0.15) is 0 Å². The van der Waals surface area contributed by atoms with Gasteiger partial charge in [-0.1, -0.05) is 42.5 Å². The largest absolute Gasteiger partial charge is 0.478 e. The number of benzene rings is 2. The Labute approximate surface area is 151 Å². The summed E-state index contributed by atoms with van der Waals surface area (Å²) in [5.74, 6) is -1.23. The summed E-state index contributed by atoms with van der Waals surface area (Å²) in [5, 5.41) is 11.7. The smallest absolute Gasteiger partial charge is 0.335 e. The number of rotatable bonds is 5. The van der Waals surface area contributed by atoms with E-state index in [1.807, 2.05) is 30.3 Å². The van der Waals surface area contributed by atoms with Crippen LogP contribution in [0, 0.1) is 0 Å². The maximum absolute atomic E-state index is 12.7. The fourth-order valence-electron chi connectivity index (χ4n) is 3.11. The van der Waals surface area contributed by atoms with Crippen LogP contribution in [0.1, 0.15) is 33.9 Å². The average Bonchev–Trinajstić information content (AvgIpc) is 2.67. The van der Waals surface area contributed by atoms with Crippen molar-refractivity contribution in [1.82, 2.24) is 10.2 Å². The zero-order valence-corrected chi connectivity index (χ0v) is 14.2. The summed E-state index contributed by atoms with van der Waals surface area (Å²) in [6.45, 7) is 0.920. The summed E-state index contributed by atoms with van der Waals surface area (Å²) in [4.78, 5) is 37.6. The van der Waals surface area contributed by atoms with Crippen LogP contribution in [-0.4, -0.2) is 40.9 Å². The van der Waals surface area contributed by atoms with Crippen molar-refractivity contribution in [3.8, 4) is 0 Å². The van der Waals surface area contributed by atoms with Gasteiger partial charge in [0.2, 0.25) is 11.8 Å². The third-order valence-electron chi connectivity index (χ3n) is 4.48. The molecule has 2 amide bonds. The van der Waals surface area contributed by atoms with Crippen LogP contribution in [0.4, 0.5) is 0 Å². The van der Waals surface area contributed by atoms with E-state index >= 15 is 0 Å². The first-order valence-electron chi connectivity index (χ1n) is 8.50. The lowest BCUT2D eigenvalue weighted by Gasteiger charge is -2.35. The van der Waals surface area contributed by atoms with E-state index in [9.17, 15) is 14.4 Å². The summed E-state index contributed by atoms with van der Waals surface area (Å²) in [7, 11) is 0. The van der Waals surface area contributed by atoms with Crippen molar-refractivity contribution in [1.29, 1.82) is 0 Å². The lowest BCUT2D eigenvalue weighted by molar-refractivity contribution is -0.143. The summed E-state index contributed by atoms with van der Waals surface area (Å²) in [6, 6.07) is 15.2. The predicted molar refractivity (Wildman–Crippen MR) is 95.6 cm³/mol. The van der Waals surface area contributed by atoms with Crippen molar-refractivity contribution >= 4 is 17.8 Å². The SMILES string of the molecule is O=C(O)c1ccc(CCC(=O)N2CCNC(=O)C2c2ccccc2)cc1. The Balaban J connectivity index is 1.69. The van der Waals surface area contributed by atoms with E-state index in [4.69, 9.17) is 5.11 Å². The van der Waals surface area contributed by atoms with Crippen LogP contribution in [0.25, 0.3) is 0 Å². The number of hydrogen-bond donors (Lipinski definition) is 2. The molecule has 1 atom stereocenters. The van der Waals surface area contributed by atoms with Crippen LogP contribution >= 0.6 is 0 Å². The molecule has 1 aliphatic rings.